The van der Waals surface area contributed by atoms with E-state index in [1.54, 1.807) is 13.2 Å². The van der Waals surface area contributed by atoms with E-state index in [-0.39, 0.29) is 11.6 Å². The molecule has 0 bridgehead atoms. The normalized spacial score (nSPS) is 10.8. The SMILES string of the molecule is CC(=O)Nc1cccc(-c2cnc3[nH]c(=O)n(C)c3c2)c1. The van der Waals surface area contributed by atoms with Gasteiger partial charge in [-0.15, -0.1) is 0 Å². The molecule has 2 heterocycles. The van der Waals surface area contributed by atoms with Crippen LogP contribution in [0.4, 0.5) is 5.69 Å². The number of hydrogen-bond acceptors (Lipinski definition) is 3. The van der Waals surface area contributed by atoms with Crippen LogP contribution in [-0.2, 0) is 11.8 Å². The molecule has 0 saturated heterocycles. The number of pyridine rings is 1. The third-order valence-electron chi connectivity index (χ3n) is 3.28. The zero-order chi connectivity index (χ0) is 15.0. The summed E-state index contributed by atoms with van der Waals surface area (Å²) in [6.45, 7) is 1.47. The number of aromatic nitrogens is 3. The topological polar surface area (TPSA) is 79.8 Å². The van der Waals surface area contributed by atoms with Gasteiger partial charge < -0.3 is 5.32 Å². The molecule has 0 aliphatic rings. The maximum Gasteiger partial charge on any atom is 0.327 e. The number of carbonyl (C=O) groups excluding carboxylic acids is 1. The van der Waals surface area contributed by atoms with Gasteiger partial charge in [0.2, 0.25) is 5.91 Å². The highest BCUT2D eigenvalue weighted by molar-refractivity contribution is 5.89. The summed E-state index contributed by atoms with van der Waals surface area (Å²) in [5.74, 6) is -0.117. The quantitative estimate of drug-likeness (QED) is 0.753. The molecule has 0 fully saturated rings. The fraction of sp³-hybridized carbons (Fsp3) is 0.133. The lowest BCUT2D eigenvalue weighted by Gasteiger charge is -2.06. The molecule has 0 spiro atoms. The Kier molecular flexibility index (Phi) is 3.06. The first kappa shape index (κ1) is 13.1. The van der Waals surface area contributed by atoms with Gasteiger partial charge in [0.05, 0.1) is 5.52 Å². The van der Waals surface area contributed by atoms with Gasteiger partial charge in [0, 0.05) is 31.4 Å². The zero-order valence-corrected chi connectivity index (χ0v) is 11.7. The average Bonchev–Trinajstić information content (AvgIpc) is 2.73. The predicted octanol–water partition coefficient (Wildman–Crippen LogP) is 1.89. The number of nitrogens with zero attached hydrogens (tertiary/aromatic N) is 2. The van der Waals surface area contributed by atoms with Crippen molar-refractivity contribution in [3.63, 3.8) is 0 Å². The number of benzene rings is 1. The Balaban J connectivity index is 2.09. The van der Waals surface area contributed by atoms with Gasteiger partial charge in [0.15, 0.2) is 5.65 Å². The lowest BCUT2D eigenvalue weighted by molar-refractivity contribution is -0.114. The summed E-state index contributed by atoms with van der Waals surface area (Å²) in [5.41, 5.74) is 3.63. The number of hydrogen-bond donors (Lipinski definition) is 2. The van der Waals surface area contributed by atoms with Gasteiger partial charge in [0.1, 0.15) is 0 Å². The molecule has 2 aromatic heterocycles. The van der Waals surface area contributed by atoms with Crippen LogP contribution in [-0.4, -0.2) is 20.4 Å². The molecule has 3 aromatic rings. The molecular weight excluding hydrogens is 268 g/mol. The Bertz CT molecular complexity index is 892. The van der Waals surface area contributed by atoms with Crippen LogP contribution in [0.25, 0.3) is 22.3 Å². The summed E-state index contributed by atoms with van der Waals surface area (Å²) in [7, 11) is 1.69. The number of nitrogens with one attached hydrogen (secondary N) is 2. The number of amides is 1. The van der Waals surface area contributed by atoms with Crippen LogP contribution < -0.4 is 11.0 Å². The first-order chi connectivity index (χ1) is 10.0. The maximum atomic E-state index is 11.6. The fourth-order valence-electron chi connectivity index (χ4n) is 2.24. The highest BCUT2D eigenvalue weighted by Crippen LogP contribution is 2.24. The van der Waals surface area contributed by atoms with Crippen molar-refractivity contribution < 1.29 is 4.79 Å². The zero-order valence-electron chi connectivity index (χ0n) is 11.7. The number of aromatic amines is 1. The Morgan fingerprint density at radius 2 is 2.10 bits per heavy atom. The molecule has 1 amide bonds. The lowest BCUT2D eigenvalue weighted by Crippen LogP contribution is -2.11. The van der Waals surface area contributed by atoms with Gasteiger partial charge in [-0.25, -0.2) is 9.78 Å². The highest BCUT2D eigenvalue weighted by Gasteiger charge is 2.07. The standard InChI is InChI=1S/C15H14N4O2/c1-9(20)17-12-5-3-4-10(6-12)11-7-13-14(16-8-11)18-15(21)19(13)2/h3-8H,1-2H3,(H,17,20)(H,16,18,21). The summed E-state index contributed by atoms with van der Waals surface area (Å²) in [4.78, 5) is 29.6. The number of aryl methyl sites for hydroxylation is 1. The van der Waals surface area contributed by atoms with E-state index < -0.39 is 0 Å². The summed E-state index contributed by atoms with van der Waals surface area (Å²) < 4.78 is 1.52. The van der Waals surface area contributed by atoms with E-state index in [0.29, 0.717) is 5.65 Å². The molecule has 0 radical (unpaired) electrons. The van der Waals surface area contributed by atoms with Crippen molar-refractivity contribution in [3.8, 4) is 11.1 Å². The minimum Gasteiger partial charge on any atom is -0.326 e. The van der Waals surface area contributed by atoms with Crippen LogP contribution >= 0.6 is 0 Å². The Labute approximate surface area is 120 Å². The molecule has 0 unspecified atom stereocenters. The Morgan fingerprint density at radius 1 is 1.29 bits per heavy atom. The van der Waals surface area contributed by atoms with E-state index in [4.69, 9.17) is 0 Å². The first-order valence-corrected chi connectivity index (χ1v) is 6.47. The van der Waals surface area contributed by atoms with Crippen LogP contribution in [0.2, 0.25) is 0 Å². The number of imidazole rings is 1. The van der Waals surface area contributed by atoms with Gasteiger partial charge in [-0.2, -0.15) is 0 Å². The minimum absolute atomic E-state index is 0.117. The van der Waals surface area contributed by atoms with Crippen LogP contribution in [0.15, 0.2) is 41.3 Å². The van der Waals surface area contributed by atoms with Crippen molar-refractivity contribution in [2.45, 2.75) is 6.92 Å². The van der Waals surface area contributed by atoms with Gasteiger partial charge in [-0.05, 0) is 23.8 Å². The third kappa shape index (κ3) is 2.43. The molecule has 6 heteroatoms. The predicted molar refractivity (Wildman–Crippen MR) is 81.1 cm³/mol. The second-order valence-corrected chi connectivity index (χ2v) is 4.84. The molecule has 21 heavy (non-hydrogen) atoms. The molecule has 0 aliphatic heterocycles. The van der Waals surface area contributed by atoms with Crippen molar-refractivity contribution in [2.75, 3.05) is 5.32 Å². The molecule has 106 valence electrons. The largest absolute Gasteiger partial charge is 0.327 e. The van der Waals surface area contributed by atoms with Crippen molar-refractivity contribution in [1.82, 2.24) is 14.5 Å². The van der Waals surface area contributed by atoms with E-state index in [0.717, 1.165) is 22.3 Å². The summed E-state index contributed by atoms with van der Waals surface area (Å²) in [5, 5.41) is 2.75. The number of rotatable bonds is 2. The number of H-pyrrole nitrogens is 1. The minimum atomic E-state index is -0.193. The molecule has 0 saturated carbocycles. The highest BCUT2D eigenvalue weighted by atomic mass is 16.1. The van der Waals surface area contributed by atoms with Crippen LogP contribution in [0.5, 0.6) is 0 Å². The van der Waals surface area contributed by atoms with Gasteiger partial charge >= 0.3 is 5.69 Å². The van der Waals surface area contributed by atoms with Crippen LogP contribution in [0.1, 0.15) is 6.92 Å². The molecular formula is C15H14N4O2. The van der Waals surface area contributed by atoms with Crippen LogP contribution in [0.3, 0.4) is 0 Å². The summed E-state index contributed by atoms with van der Waals surface area (Å²) >= 11 is 0. The summed E-state index contributed by atoms with van der Waals surface area (Å²) in [6.07, 6.45) is 1.70. The average molecular weight is 282 g/mol. The van der Waals surface area contributed by atoms with E-state index in [9.17, 15) is 9.59 Å². The molecule has 0 aliphatic carbocycles. The van der Waals surface area contributed by atoms with E-state index in [1.165, 1.54) is 11.5 Å². The van der Waals surface area contributed by atoms with Crippen molar-refractivity contribution in [2.24, 2.45) is 7.05 Å². The van der Waals surface area contributed by atoms with Gasteiger partial charge in [-0.1, -0.05) is 12.1 Å². The molecule has 2 N–H and O–H groups in total. The Morgan fingerprint density at radius 3 is 2.86 bits per heavy atom. The fourth-order valence-corrected chi connectivity index (χ4v) is 2.24. The van der Waals surface area contributed by atoms with E-state index in [2.05, 4.69) is 15.3 Å². The molecule has 3 rings (SSSR count). The summed E-state index contributed by atoms with van der Waals surface area (Å²) in [6, 6.07) is 9.38. The molecule has 1 aromatic carbocycles. The molecule has 6 nitrogen and oxygen atoms in total. The van der Waals surface area contributed by atoms with Gasteiger partial charge in [-0.3, -0.25) is 14.3 Å². The maximum absolute atomic E-state index is 11.6. The van der Waals surface area contributed by atoms with E-state index in [1.807, 2.05) is 30.3 Å². The monoisotopic (exact) mass is 282 g/mol. The molecule has 0 atom stereocenters. The second-order valence-electron chi connectivity index (χ2n) is 4.84. The van der Waals surface area contributed by atoms with Crippen LogP contribution in [0, 0.1) is 0 Å². The van der Waals surface area contributed by atoms with Crippen molar-refractivity contribution in [3.05, 3.63) is 47.0 Å². The number of carbonyl (C=O) groups is 1. The smallest absolute Gasteiger partial charge is 0.326 e. The van der Waals surface area contributed by atoms with Crippen molar-refractivity contribution >= 4 is 22.8 Å². The lowest BCUT2D eigenvalue weighted by atomic mass is 10.1. The first-order valence-electron chi connectivity index (χ1n) is 6.47. The third-order valence-corrected chi connectivity index (χ3v) is 3.28. The van der Waals surface area contributed by atoms with E-state index >= 15 is 0 Å². The second kappa shape index (κ2) is 4.90. The number of fused-ring (bicyclic) bond motifs is 1. The Hall–Kier alpha value is -2.89. The number of anilines is 1. The van der Waals surface area contributed by atoms with Gasteiger partial charge in [0.25, 0.3) is 0 Å². The van der Waals surface area contributed by atoms with Crippen molar-refractivity contribution in [1.29, 1.82) is 0 Å².